The van der Waals surface area contributed by atoms with Gasteiger partial charge in [0.25, 0.3) is 0 Å². The second-order valence-corrected chi connectivity index (χ2v) is 5.01. The average Bonchev–Trinajstić information content (AvgIpc) is 2.47. The lowest BCUT2D eigenvalue weighted by Crippen LogP contribution is -2.35. The number of hydrogen-bond acceptors (Lipinski definition) is 4. The molecule has 0 saturated heterocycles. The van der Waals surface area contributed by atoms with Crippen molar-refractivity contribution in [2.24, 2.45) is 0 Å². The molecule has 2 rings (SSSR count). The summed E-state index contributed by atoms with van der Waals surface area (Å²) < 4.78 is 18.3. The number of aliphatic hydroxyl groups excluding tert-OH is 1. The van der Waals surface area contributed by atoms with E-state index in [1.807, 2.05) is 0 Å². The van der Waals surface area contributed by atoms with Gasteiger partial charge in [0.2, 0.25) is 0 Å². The lowest BCUT2D eigenvalue weighted by atomic mass is 9.92. The van der Waals surface area contributed by atoms with Crippen LogP contribution in [0.3, 0.4) is 0 Å². The molecule has 0 aliphatic heterocycles. The molecule has 112 valence electrons. The van der Waals surface area contributed by atoms with E-state index >= 15 is 0 Å². The zero-order chi connectivity index (χ0) is 15.5. The van der Waals surface area contributed by atoms with Crippen molar-refractivity contribution in [3.8, 4) is 11.5 Å². The Labute approximate surface area is 122 Å². The minimum atomic E-state index is -0.839. The van der Waals surface area contributed by atoms with E-state index in [1.54, 1.807) is 31.2 Å². The van der Waals surface area contributed by atoms with Crippen molar-refractivity contribution in [3.05, 3.63) is 53.8 Å². The number of halogens is 1. The van der Waals surface area contributed by atoms with E-state index < -0.39 is 5.54 Å². The number of rotatable bonds is 5. The maximum atomic E-state index is 13.3. The van der Waals surface area contributed by atoms with Gasteiger partial charge in [-0.05, 0) is 42.8 Å². The fraction of sp³-hybridized carbons (Fsp3) is 0.250. The normalized spacial score (nSPS) is 13.5. The summed E-state index contributed by atoms with van der Waals surface area (Å²) in [6.45, 7) is 1.57. The number of aliphatic hydroxyl groups is 1. The van der Waals surface area contributed by atoms with Gasteiger partial charge in [-0.2, -0.15) is 0 Å². The van der Waals surface area contributed by atoms with Crippen LogP contribution in [-0.2, 0) is 5.54 Å². The van der Waals surface area contributed by atoms with Crippen LogP contribution in [-0.4, -0.2) is 23.9 Å². The van der Waals surface area contributed by atoms with Crippen LogP contribution < -0.4 is 10.1 Å². The number of phenolic OH excluding ortho intramolecular Hbond substituents is 1. The Morgan fingerprint density at radius 1 is 1.24 bits per heavy atom. The standard InChI is InChI=1S/C16H18FNO3/c1-16(10-19,18-13-5-3-4-12(17)9-13)11-6-7-14(20)15(8-11)21-2/h3-9,18-20H,10H2,1-2H3. The summed E-state index contributed by atoms with van der Waals surface area (Å²) >= 11 is 0. The Morgan fingerprint density at radius 2 is 2.00 bits per heavy atom. The van der Waals surface area contributed by atoms with E-state index in [-0.39, 0.29) is 18.2 Å². The van der Waals surface area contributed by atoms with Crippen LogP contribution in [0.2, 0.25) is 0 Å². The molecular weight excluding hydrogens is 273 g/mol. The molecule has 0 aliphatic rings. The van der Waals surface area contributed by atoms with Crippen molar-refractivity contribution in [2.45, 2.75) is 12.5 Å². The van der Waals surface area contributed by atoms with Crippen molar-refractivity contribution in [1.29, 1.82) is 0 Å². The second kappa shape index (κ2) is 6.01. The summed E-state index contributed by atoms with van der Waals surface area (Å²) in [5, 5.41) is 22.5. The van der Waals surface area contributed by atoms with Crippen LogP contribution in [0.1, 0.15) is 12.5 Å². The van der Waals surface area contributed by atoms with Crippen LogP contribution in [0.15, 0.2) is 42.5 Å². The number of phenols is 1. The molecule has 0 aromatic heterocycles. The monoisotopic (exact) mass is 291 g/mol. The lowest BCUT2D eigenvalue weighted by Gasteiger charge is -2.31. The summed E-state index contributed by atoms with van der Waals surface area (Å²) in [6, 6.07) is 10.8. The summed E-state index contributed by atoms with van der Waals surface area (Å²) in [5.74, 6) is -0.0240. The highest BCUT2D eigenvalue weighted by molar-refractivity contribution is 5.51. The SMILES string of the molecule is COc1cc(C(C)(CO)Nc2cccc(F)c2)ccc1O. The molecule has 0 fully saturated rings. The van der Waals surface area contributed by atoms with Gasteiger partial charge in [0, 0.05) is 5.69 Å². The highest BCUT2D eigenvalue weighted by Gasteiger charge is 2.27. The van der Waals surface area contributed by atoms with Crippen LogP contribution in [0, 0.1) is 5.82 Å². The first-order valence-electron chi connectivity index (χ1n) is 6.50. The maximum Gasteiger partial charge on any atom is 0.160 e. The number of aromatic hydroxyl groups is 1. The van der Waals surface area contributed by atoms with Gasteiger partial charge in [0.15, 0.2) is 11.5 Å². The Hall–Kier alpha value is -2.27. The first kappa shape index (κ1) is 15.1. The van der Waals surface area contributed by atoms with Crippen molar-refractivity contribution < 1.29 is 19.3 Å². The number of hydrogen-bond donors (Lipinski definition) is 3. The molecule has 0 heterocycles. The highest BCUT2D eigenvalue weighted by atomic mass is 19.1. The molecule has 0 spiro atoms. The van der Waals surface area contributed by atoms with Gasteiger partial charge < -0.3 is 20.3 Å². The fourth-order valence-electron chi connectivity index (χ4n) is 2.11. The van der Waals surface area contributed by atoms with Crippen LogP contribution in [0.4, 0.5) is 10.1 Å². The zero-order valence-corrected chi connectivity index (χ0v) is 11.9. The number of ether oxygens (including phenoxy) is 1. The van der Waals surface area contributed by atoms with Gasteiger partial charge >= 0.3 is 0 Å². The molecule has 1 unspecified atom stereocenters. The van der Waals surface area contributed by atoms with E-state index in [0.29, 0.717) is 17.0 Å². The number of benzene rings is 2. The summed E-state index contributed by atoms with van der Waals surface area (Å²) in [5.41, 5.74) is 0.428. The largest absolute Gasteiger partial charge is 0.504 e. The molecule has 2 aromatic carbocycles. The molecule has 0 radical (unpaired) electrons. The Balaban J connectivity index is 2.36. The first-order chi connectivity index (χ1) is 9.98. The van der Waals surface area contributed by atoms with Crippen LogP contribution in [0.25, 0.3) is 0 Å². The highest BCUT2D eigenvalue weighted by Crippen LogP contribution is 2.33. The smallest absolute Gasteiger partial charge is 0.160 e. The topological polar surface area (TPSA) is 61.7 Å². The van der Waals surface area contributed by atoms with Gasteiger partial charge in [-0.15, -0.1) is 0 Å². The van der Waals surface area contributed by atoms with Gasteiger partial charge in [-0.25, -0.2) is 4.39 Å². The molecule has 0 amide bonds. The average molecular weight is 291 g/mol. The maximum absolute atomic E-state index is 13.3. The molecule has 1 atom stereocenters. The summed E-state index contributed by atoms with van der Waals surface area (Å²) in [4.78, 5) is 0. The molecule has 4 nitrogen and oxygen atoms in total. The van der Waals surface area contributed by atoms with Crippen LogP contribution >= 0.6 is 0 Å². The molecule has 0 saturated carbocycles. The Bertz CT molecular complexity index is 633. The molecule has 3 N–H and O–H groups in total. The minimum Gasteiger partial charge on any atom is -0.504 e. The summed E-state index contributed by atoms with van der Waals surface area (Å²) in [6.07, 6.45) is 0. The molecule has 5 heteroatoms. The zero-order valence-electron chi connectivity index (χ0n) is 11.9. The minimum absolute atomic E-state index is 0.0206. The molecular formula is C16H18FNO3. The van der Waals surface area contributed by atoms with Crippen molar-refractivity contribution in [1.82, 2.24) is 0 Å². The van der Waals surface area contributed by atoms with Gasteiger partial charge in [-0.1, -0.05) is 12.1 Å². The van der Waals surface area contributed by atoms with Crippen molar-refractivity contribution in [2.75, 3.05) is 19.0 Å². The van der Waals surface area contributed by atoms with Crippen LogP contribution in [0.5, 0.6) is 11.5 Å². The summed E-state index contributed by atoms with van der Waals surface area (Å²) in [7, 11) is 1.45. The predicted molar refractivity (Wildman–Crippen MR) is 79.1 cm³/mol. The molecule has 21 heavy (non-hydrogen) atoms. The van der Waals surface area contributed by atoms with E-state index in [9.17, 15) is 14.6 Å². The van der Waals surface area contributed by atoms with E-state index in [0.717, 1.165) is 0 Å². The predicted octanol–water partition coefficient (Wildman–Crippen LogP) is 2.86. The third-order valence-electron chi connectivity index (χ3n) is 3.38. The molecule has 0 bridgehead atoms. The van der Waals surface area contributed by atoms with Gasteiger partial charge in [0.1, 0.15) is 5.82 Å². The Kier molecular flexibility index (Phi) is 4.33. The fourth-order valence-corrected chi connectivity index (χ4v) is 2.11. The molecule has 2 aromatic rings. The van der Waals surface area contributed by atoms with Gasteiger partial charge in [0.05, 0.1) is 19.3 Å². The Morgan fingerprint density at radius 3 is 2.62 bits per heavy atom. The number of anilines is 1. The third-order valence-corrected chi connectivity index (χ3v) is 3.38. The van der Waals surface area contributed by atoms with E-state index in [2.05, 4.69) is 5.32 Å². The van der Waals surface area contributed by atoms with E-state index in [1.165, 1.54) is 25.3 Å². The lowest BCUT2D eigenvalue weighted by molar-refractivity contribution is 0.223. The van der Waals surface area contributed by atoms with E-state index in [4.69, 9.17) is 4.74 Å². The van der Waals surface area contributed by atoms with Crippen molar-refractivity contribution in [3.63, 3.8) is 0 Å². The first-order valence-corrected chi connectivity index (χ1v) is 6.50. The second-order valence-electron chi connectivity index (χ2n) is 5.01. The van der Waals surface area contributed by atoms with Crippen molar-refractivity contribution >= 4 is 5.69 Å². The number of methoxy groups -OCH3 is 1. The quantitative estimate of drug-likeness (QED) is 0.792. The number of nitrogens with one attached hydrogen (secondary N) is 1. The third kappa shape index (κ3) is 3.25. The molecule has 0 aliphatic carbocycles. The van der Waals surface area contributed by atoms with Gasteiger partial charge in [-0.3, -0.25) is 0 Å².